The first-order valence-corrected chi connectivity index (χ1v) is 10.1. The number of hydrogen-bond donors (Lipinski definition) is 1. The van der Waals surface area contributed by atoms with Crippen molar-refractivity contribution in [2.24, 2.45) is 4.99 Å². The zero-order chi connectivity index (χ0) is 21.7. The molecule has 0 unspecified atom stereocenters. The lowest BCUT2D eigenvalue weighted by molar-refractivity contribution is -0.385. The Kier molecular flexibility index (Phi) is 6.89. The number of hydrogen-bond acceptors (Lipinski definition) is 6. The third-order valence-electron chi connectivity index (χ3n) is 4.94. The molecule has 8 nitrogen and oxygen atoms in total. The molecule has 1 fully saturated rings. The first-order chi connectivity index (χ1) is 14.4. The number of halogens is 1. The molecule has 2 aromatic rings. The molecular formula is C21H23ClN4O4. The third kappa shape index (κ3) is 5.07. The van der Waals surface area contributed by atoms with Crippen molar-refractivity contribution in [2.45, 2.75) is 19.8 Å². The van der Waals surface area contributed by atoms with Gasteiger partial charge in [0.1, 0.15) is 0 Å². The van der Waals surface area contributed by atoms with E-state index in [-0.39, 0.29) is 16.5 Å². The van der Waals surface area contributed by atoms with Crippen LogP contribution in [0.25, 0.3) is 0 Å². The quantitative estimate of drug-likeness (QED) is 0.421. The number of nitrogens with zero attached hydrogens (tertiary/aromatic N) is 4. The number of nitro benzene ring substituents is 1. The van der Waals surface area contributed by atoms with Gasteiger partial charge in [-0.2, -0.15) is 0 Å². The van der Waals surface area contributed by atoms with Crippen molar-refractivity contribution < 1.29 is 14.8 Å². The Morgan fingerprint density at radius 1 is 1.23 bits per heavy atom. The maximum absolute atomic E-state index is 12.0. The lowest BCUT2D eigenvalue weighted by atomic mass is 10.2. The number of anilines is 1. The van der Waals surface area contributed by atoms with Gasteiger partial charge < -0.3 is 14.9 Å². The molecule has 158 valence electrons. The minimum Gasteiger partial charge on any atom is -0.502 e. The average Bonchev–Trinajstić information content (AvgIpc) is 2.74. The van der Waals surface area contributed by atoms with E-state index in [0.717, 1.165) is 31.3 Å². The summed E-state index contributed by atoms with van der Waals surface area (Å²) < 4.78 is 0. The summed E-state index contributed by atoms with van der Waals surface area (Å²) in [5, 5.41) is 21.2. The van der Waals surface area contributed by atoms with E-state index in [0.29, 0.717) is 25.2 Å². The van der Waals surface area contributed by atoms with Crippen LogP contribution in [0, 0.1) is 10.1 Å². The maximum Gasteiger partial charge on any atom is 0.312 e. The number of rotatable bonds is 6. The molecule has 1 saturated heterocycles. The molecule has 0 spiro atoms. The number of aromatic hydroxyl groups is 1. The van der Waals surface area contributed by atoms with E-state index in [1.165, 1.54) is 12.3 Å². The summed E-state index contributed by atoms with van der Waals surface area (Å²) in [4.78, 5) is 30.7. The maximum atomic E-state index is 12.0. The summed E-state index contributed by atoms with van der Waals surface area (Å²) in [5.74, 6) is -0.258. The van der Waals surface area contributed by atoms with Crippen LogP contribution in [0.15, 0.2) is 41.4 Å². The van der Waals surface area contributed by atoms with Crippen LogP contribution in [0.4, 0.5) is 17.1 Å². The molecule has 0 aromatic heterocycles. The molecular weight excluding hydrogens is 408 g/mol. The standard InChI is InChI=1S/C21H23ClN4O4/c1-2-3-20(27)25-10-8-24(9-11-25)18-6-4-17(5-7-18)23-14-15-12-16(22)13-19(21(15)28)26(29)30/h4-7,12-14,28H,2-3,8-11H2,1H3. The number of carbonyl (C=O) groups is 1. The van der Waals surface area contributed by atoms with Crippen LogP contribution in [-0.4, -0.2) is 53.2 Å². The molecule has 2 aromatic carbocycles. The highest BCUT2D eigenvalue weighted by Crippen LogP contribution is 2.32. The van der Waals surface area contributed by atoms with Gasteiger partial charge in [-0.3, -0.25) is 19.9 Å². The van der Waals surface area contributed by atoms with E-state index in [4.69, 9.17) is 11.6 Å². The number of piperazine rings is 1. The minimum absolute atomic E-state index is 0.146. The second kappa shape index (κ2) is 9.58. The van der Waals surface area contributed by atoms with Crippen LogP contribution in [0.2, 0.25) is 5.02 Å². The summed E-state index contributed by atoms with van der Waals surface area (Å²) in [7, 11) is 0. The number of aliphatic imine (C=N–C) groups is 1. The van der Waals surface area contributed by atoms with E-state index < -0.39 is 16.4 Å². The summed E-state index contributed by atoms with van der Waals surface area (Å²) in [6, 6.07) is 10.1. The highest BCUT2D eigenvalue weighted by atomic mass is 35.5. The van der Waals surface area contributed by atoms with Crippen LogP contribution < -0.4 is 4.90 Å². The molecule has 30 heavy (non-hydrogen) atoms. The first-order valence-electron chi connectivity index (χ1n) is 9.72. The summed E-state index contributed by atoms with van der Waals surface area (Å²) in [6.45, 7) is 4.99. The molecule has 0 bridgehead atoms. The molecule has 1 heterocycles. The van der Waals surface area contributed by atoms with Crippen molar-refractivity contribution in [1.29, 1.82) is 0 Å². The summed E-state index contributed by atoms with van der Waals surface area (Å²) >= 11 is 5.89. The van der Waals surface area contributed by atoms with Gasteiger partial charge in [-0.1, -0.05) is 18.5 Å². The van der Waals surface area contributed by atoms with Gasteiger partial charge in [-0.05, 0) is 36.8 Å². The molecule has 3 rings (SSSR count). The van der Waals surface area contributed by atoms with Crippen LogP contribution >= 0.6 is 11.6 Å². The van der Waals surface area contributed by atoms with Crippen molar-refractivity contribution in [1.82, 2.24) is 4.90 Å². The Morgan fingerprint density at radius 2 is 1.90 bits per heavy atom. The van der Waals surface area contributed by atoms with Gasteiger partial charge in [0.15, 0.2) is 0 Å². The van der Waals surface area contributed by atoms with Crippen molar-refractivity contribution in [3.05, 3.63) is 57.1 Å². The number of phenols is 1. The second-order valence-electron chi connectivity index (χ2n) is 7.01. The fraction of sp³-hybridized carbons (Fsp3) is 0.333. The Labute approximate surface area is 179 Å². The number of nitro groups is 1. The number of benzene rings is 2. The topological polar surface area (TPSA) is 99.3 Å². The second-order valence-corrected chi connectivity index (χ2v) is 7.45. The molecule has 0 atom stereocenters. The van der Waals surface area contributed by atoms with Crippen molar-refractivity contribution >= 4 is 40.8 Å². The monoisotopic (exact) mass is 430 g/mol. The average molecular weight is 431 g/mol. The molecule has 9 heteroatoms. The zero-order valence-corrected chi connectivity index (χ0v) is 17.4. The molecule has 1 amide bonds. The fourth-order valence-corrected chi connectivity index (χ4v) is 3.54. The van der Waals surface area contributed by atoms with E-state index in [2.05, 4.69) is 9.89 Å². The molecule has 0 radical (unpaired) electrons. The van der Waals surface area contributed by atoms with Crippen LogP contribution in [-0.2, 0) is 4.79 Å². The van der Waals surface area contributed by atoms with Crippen molar-refractivity contribution in [2.75, 3.05) is 31.1 Å². The lowest BCUT2D eigenvalue weighted by Gasteiger charge is -2.36. The van der Waals surface area contributed by atoms with E-state index in [1.54, 1.807) is 0 Å². The highest BCUT2D eigenvalue weighted by Gasteiger charge is 2.20. The van der Waals surface area contributed by atoms with Gasteiger partial charge in [-0.25, -0.2) is 0 Å². The molecule has 1 N–H and O–H groups in total. The third-order valence-corrected chi connectivity index (χ3v) is 5.16. The Hall–Kier alpha value is -3.13. The predicted molar refractivity (Wildman–Crippen MR) is 117 cm³/mol. The number of amides is 1. The van der Waals surface area contributed by atoms with Gasteiger partial charge in [0.25, 0.3) is 0 Å². The van der Waals surface area contributed by atoms with Crippen LogP contribution in [0.1, 0.15) is 25.3 Å². The van der Waals surface area contributed by atoms with Crippen LogP contribution in [0.3, 0.4) is 0 Å². The van der Waals surface area contributed by atoms with Gasteiger partial charge in [-0.15, -0.1) is 0 Å². The molecule has 1 aliphatic rings. The fourth-order valence-electron chi connectivity index (χ4n) is 3.32. The van der Waals surface area contributed by atoms with E-state index in [9.17, 15) is 20.0 Å². The number of carbonyl (C=O) groups excluding carboxylic acids is 1. The Bertz CT molecular complexity index is 954. The SMILES string of the molecule is CCCC(=O)N1CCN(c2ccc(N=Cc3cc(Cl)cc([N+](=O)[O-])c3O)cc2)CC1. The van der Waals surface area contributed by atoms with E-state index >= 15 is 0 Å². The molecule has 1 aliphatic heterocycles. The zero-order valence-electron chi connectivity index (χ0n) is 16.6. The Morgan fingerprint density at radius 3 is 2.50 bits per heavy atom. The summed E-state index contributed by atoms with van der Waals surface area (Å²) in [6.07, 6.45) is 2.81. The van der Waals surface area contributed by atoms with Crippen LogP contribution in [0.5, 0.6) is 5.75 Å². The highest BCUT2D eigenvalue weighted by molar-refractivity contribution is 6.31. The Balaban J connectivity index is 1.66. The smallest absolute Gasteiger partial charge is 0.312 e. The predicted octanol–water partition coefficient (Wildman–Crippen LogP) is 4.15. The van der Waals surface area contributed by atoms with Gasteiger partial charge >= 0.3 is 5.69 Å². The van der Waals surface area contributed by atoms with Crippen molar-refractivity contribution in [3.63, 3.8) is 0 Å². The normalized spacial score (nSPS) is 14.3. The first kappa shape index (κ1) is 21.6. The van der Waals surface area contributed by atoms with Crippen molar-refractivity contribution in [3.8, 4) is 5.75 Å². The minimum atomic E-state index is -0.692. The number of phenolic OH excluding ortho intramolecular Hbond substituents is 1. The molecule has 0 saturated carbocycles. The summed E-state index contributed by atoms with van der Waals surface area (Å²) in [5.41, 5.74) is 1.39. The molecule has 0 aliphatic carbocycles. The van der Waals surface area contributed by atoms with Gasteiger partial charge in [0.05, 0.1) is 10.6 Å². The van der Waals surface area contributed by atoms with Gasteiger partial charge in [0.2, 0.25) is 11.7 Å². The van der Waals surface area contributed by atoms with E-state index in [1.807, 2.05) is 36.1 Å². The van der Waals surface area contributed by atoms with Gasteiger partial charge in [0, 0.05) is 61.2 Å². The lowest BCUT2D eigenvalue weighted by Crippen LogP contribution is -2.48. The largest absolute Gasteiger partial charge is 0.502 e.